The molecule has 3 fully saturated rings. The summed E-state index contributed by atoms with van der Waals surface area (Å²) in [6.07, 6.45) is 5.59. The first-order chi connectivity index (χ1) is 9.20. The zero-order chi connectivity index (χ0) is 13.0. The molecule has 0 spiro atoms. The molecule has 3 aliphatic rings. The molecule has 2 heteroatoms. The molecule has 1 saturated heterocycles. The van der Waals surface area contributed by atoms with Crippen molar-refractivity contribution in [2.45, 2.75) is 64.0 Å². The van der Waals surface area contributed by atoms with Crippen LogP contribution in [0.15, 0.2) is 12.1 Å². The number of piperidine rings is 1. The number of rotatable bonds is 4. The number of hydrogen-bond acceptors (Lipinski definition) is 2. The van der Waals surface area contributed by atoms with Gasteiger partial charge in [0.05, 0.1) is 0 Å². The predicted molar refractivity (Wildman–Crippen MR) is 77.2 cm³/mol. The van der Waals surface area contributed by atoms with Gasteiger partial charge in [-0.2, -0.15) is 0 Å². The van der Waals surface area contributed by atoms with Crippen molar-refractivity contribution in [2.24, 2.45) is 5.92 Å². The molecular formula is C17H24N2. The molecule has 4 rings (SSSR count). The number of nitrogens with zero attached hydrogens (tertiary/aromatic N) is 2. The molecule has 1 aromatic rings. The van der Waals surface area contributed by atoms with Crippen LogP contribution in [-0.4, -0.2) is 22.5 Å². The Balaban J connectivity index is 1.58. The molecule has 0 N–H and O–H groups in total. The Kier molecular flexibility index (Phi) is 2.70. The number of pyridine rings is 1. The maximum atomic E-state index is 4.88. The average molecular weight is 256 g/mol. The molecule has 1 aromatic heterocycles. The Bertz CT molecular complexity index is 470. The topological polar surface area (TPSA) is 16.1 Å². The zero-order valence-electron chi connectivity index (χ0n) is 12.1. The molecule has 1 aliphatic heterocycles. The van der Waals surface area contributed by atoms with Gasteiger partial charge in [-0.1, -0.05) is 13.8 Å². The predicted octanol–water partition coefficient (Wildman–Crippen LogP) is 3.68. The third kappa shape index (κ3) is 2.31. The van der Waals surface area contributed by atoms with Gasteiger partial charge in [-0.15, -0.1) is 0 Å². The lowest BCUT2D eigenvalue weighted by Crippen LogP contribution is -2.22. The largest absolute Gasteiger partial charge is 0.296 e. The summed E-state index contributed by atoms with van der Waals surface area (Å²) in [6.45, 7) is 6.99. The lowest BCUT2D eigenvalue weighted by atomic mass is 10.0. The average Bonchev–Trinajstić information content (AvgIpc) is 3.30. The van der Waals surface area contributed by atoms with Gasteiger partial charge < -0.3 is 0 Å². The van der Waals surface area contributed by atoms with Crippen LogP contribution in [0.2, 0.25) is 0 Å². The highest BCUT2D eigenvalue weighted by molar-refractivity contribution is 5.28. The smallest absolute Gasteiger partial charge is 0.0441 e. The van der Waals surface area contributed by atoms with Crippen LogP contribution in [0.5, 0.6) is 0 Å². The maximum Gasteiger partial charge on any atom is 0.0441 e. The minimum absolute atomic E-state index is 0.546. The second kappa shape index (κ2) is 4.31. The van der Waals surface area contributed by atoms with Crippen molar-refractivity contribution in [3.63, 3.8) is 0 Å². The summed E-state index contributed by atoms with van der Waals surface area (Å²) >= 11 is 0. The van der Waals surface area contributed by atoms with Crippen LogP contribution in [-0.2, 0) is 6.54 Å². The van der Waals surface area contributed by atoms with Gasteiger partial charge >= 0.3 is 0 Å². The molecule has 2 heterocycles. The van der Waals surface area contributed by atoms with E-state index in [0.29, 0.717) is 5.92 Å². The summed E-state index contributed by atoms with van der Waals surface area (Å²) in [5.41, 5.74) is 4.17. The number of likely N-dealkylation sites (tertiary alicyclic amines) is 1. The fraction of sp³-hybridized carbons (Fsp3) is 0.706. The molecule has 0 bridgehead atoms. The third-order valence-corrected chi connectivity index (χ3v) is 5.04. The van der Waals surface area contributed by atoms with Crippen LogP contribution in [0, 0.1) is 5.92 Å². The highest BCUT2D eigenvalue weighted by atomic mass is 15.2. The Morgan fingerprint density at radius 3 is 2.68 bits per heavy atom. The first-order valence-electron chi connectivity index (χ1n) is 7.95. The van der Waals surface area contributed by atoms with Gasteiger partial charge in [-0.05, 0) is 61.8 Å². The SMILES string of the molecule is CC(C)c1cc(CN2CCC3CC32)cc(C2CC2)n1. The van der Waals surface area contributed by atoms with E-state index in [1.165, 1.54) is 49.2 Å². The molecule has 0 radical (unpaired) electrons. The molecular weight excluding hydrogens is 232 g/mol. The number of aromatic nitrogens is 1. The van der Waals surface area contributed by atoms with Gasteiger partial charge in [-0.25, -0.2) is 0 Å². The van der Waals surface area contributed by atoms with Crippen molar-refractivity contribution in [3.8, 4) is 0 Å². The van der Waals surface area contributed by atoms with E-state index in [-0.39, 0.29) is 0 Å². The van der Waals surface area contributed by atoms with E-state index in [4.69, 9.17) is 4.98 Å². The summed E-state index contributed by atoms with van der Waals surface area (Å²) in [7, 11) is 0. The van der Waals surface area contributed by atoms with E-state index in [1.807, 2.05) is 0 Å². The first-order valence-corrected chi connectivity index (χ1v) is 7.95. The number of hydrogen-bond donors (Lipinski definition) is 0. The molecule has 2 aliphatic carbocycles. The summed E-state index contributed by atoms with van der Waals surface area (Å²) in [5, 5.41) is 0. The lowest BCUT2D eigenvalue weighted by Gasteiger charge is -2.19. The van der Waals surface area contributed by atoms with E-state index in [2.05, 4.69) is 30.9 Å². The van der Waals surface area contributed by atoms with Crippen LogP contribution < -0.4 is 0 Å². The minimum atomic E-state index is 0.546. The maximum absolute atomic E-state index is 4.88. The van der Waals surface area contributed by atoms with Crippen LogP contribution in [0.25, 0.3) is 0 Å². The Morgan fingerprint density at radius 2 is 2.11 bits per heavy atom. The van der Waals surface area contributed by atoms with E-state index in [1.54, 1.807) is 0 Å². The van der Waals surface area contributed by atoms with Gasteiger partial charge in [0.15, 0.2) is 0 Å². The molecule has 2 unspecified atom stereocenters. The normalized spacial score (nSPS) is 29.8. The molecule has 2 atom stereocenters. The van der Waals surface area contributed by atoms with Gasteiger partial charge in [0.1, 0.15) is 0 Å². The molecule has 102 valence electrons. The highest BCUT2D eigenvalue weighted by Gasteiger charge is 2.46. The quantitative estimate of drug-likeness (QED) is 0.817. The standard InChI is InChI=1S/C17H24N2/c1-11(2)15-7-12(8-16(18-15)13-3-4-13)10-19-6-5-14-9-17(14)19/h7-8,11,13-14,17H,3-6,9-10H2,1-2H3. The summed E-state index contributed by atoms with van der Waals surface area (Å²) in [6, 6.07) is 5.66. The van der Waals surface area contributed by atoms with Crippen LogP contribution >= 0.6 is 0 Å². The van der Waals surface area contributed by atoms with Crippen LogP contribution in [0.1, 0.15) is 68.3 Å². The Morgan fingerprint density at radius 1 is 1.26 bits per heavy atom. The van der Waals surface area contributed by atoms with Gasteiger partial charge in [0.25, 0.3) is 0 Å². The summed E-state index contributed by atoms with van der Waals surface area (Å²) in [4.78, 5) is 7.58. The van der Waals surface area contributed by atoms with E-state index < -0.39 is 0 Å². The fourth-order valence-corrected chi connectivity index (χ4v) is 3.53. The van der Waals surface area contributed by atoms with Gasteiger partial charge in [0, 0.05) is 29.9 Å². The van der Waals surface area contributed by atoms with Crippen molar-refractivity contribution in [1.82, 2.24) is 9.88 Å². The zero-order valence-corrected chi connectivity index (χ0v) is 12.1. The third-order valence-electron chi connectivity index (χ3n) is 5.04. The second-order valence-corrected chi connectivity index (χ2v) is 7.08. The summed E-state index contributed by atoms with van der Waals surface area (Å²) in [5.74, 6) is 2.35. The molecule has 2 saturated carbocycles. The molecule has 19 heavy (non-hydrogen) atoms. The second-order valence-electron chi connectivity index (χ2n) is 7.08. The van der Waals surface area contributed by atoms with Crippen molar-refractivity contribution >= 4 is 0 Å². The first kappa shape index (κ1) is 11.9. The molecule has 2 nitrogen and oxygen atoms in total. The number of fused-ring (bicyclic) bond motifs is 1. The monoisotopic (exact) mass is 256 g/mol. The van der Waals surface area contributed by atoms with Crippen molar-refractivity contribution in [3.05, 3.63) is 29.1 Å². The van der Waals surface area contributed by atoms with Crippen LogP contribution in [0.3, 0.4) is 0 Å². The van der Waals surface area contributed by atoms with E-state index >= 15 is 0 Å². The van der Waals surface area contributed by atoms with E-state index in [0.717, 1.165) is 24.4 Å². The van der Waals surface area contributed by atoms with E-state index in [9.17, 15) is 0 Å². The Labute approximate surface area is 116 Å². The van der Waals surface area contributed by atoms with Crippen molar-refractivity contribution < 1.29 is 0 Å². The molecule has 0 amide bonds. The highest BCUT2D eigenvalue weighted by Crippen LogP contribution is 2.45. The minimum Gasteiger partial charge on any atom is -0.296 e. The fourth-order valence-electron chi connectivity index (χ4n) is 3.53. The molecule has 0 aromatic carbocycles. The lowest BCUT2D eigenvalue weighted by molar-refractivity contribution is 0.291. The Hall–Kier alpha value is -0.890. The van der Waals surface area contributed by atoms with Crippen molar-refractivity contribution in [2.75, 3.05) is 6.54 Å². The summed E-state index contributed by atoms with van der Waals surface area (Å²) < 4.78 is 0. The van der Waals surface area contributed by atoms with Crippen LogP contribution in [0.4, 0.5) is 0 Å². The van der Waals surface area contributed by atoms with Gasteiger partial charge in [-0.3, -0.25) is 9.88 Å². The van der Waals surface area contributed by atoms with Gasteiger partial charge in [0.2, 0.25) is 0 Å². The van der Waals surface area contributed by atoms with Crippen molar-refractivity contribution in [1.29, 1.82) is 0 Å².